The summed E-state index contributed by atoms with van der Waals surface area (Å²) < 4.78 is 13.1. The van der Waals surface area contributed by atoms with Crippen molar-refractivity contribution in [2.24, 2.45) is 17.8 Å². The van der Waals surface area contributed by atoms with E-state index in [0.717, 1.165) is 27.8 Å². The highest BCUT2D eigenvalue weighted by Crippen LogP contribution is 2.44. The Labute approximate surface area is 193 Å². The van der Waals surface area contributed by atoms with Crippen LogP contribution < -0.4 is 0 Å². The van der Waals surface area contributed by atoms with Gasteiger partial charge in [0.2, 0.25) is 6.29 Å². The number of esters is 1. The summed E-state index contributed by atoms with van der Waals surface area (Å²) in [6.45, 7) is 6.73. The molecule has 3 heterocycles. The maximum Gasteiger partial charge on any atom is 0.348 e. The van der Waals surface area contributed by atoms with Crippen molar-refractivity contribution in [3.63, 3.8) is 0 Å². The monoisotopic (exact) mass is 509 g/mol. The summed E-state index contributed by atoms with van der Waals surface area (Å²) in [7, 11) is 0. The van der Waals surface area contributed by atoms with Crippen LogP contribution in [0.1, 0.15) is 40.0 Å². The molecule has 1 aliphatic carbocycles. The number of hydrogen-bond acceptors (Lipinski definition) is 8. The summed E-state index contributed by atoms with van der Waals surface area (Å²) in [6, 6.07) is 3.81. The minimum absolute atomic E-state index is 0.0703. The predicted octanol–water partition coefficient (Wildman–Crippen LogP) is 5.66. The van der Waals surface area contributed by atoms with Gasteiger partial charge in [-0.15, -0.1) is 10.2 Å². The third kappa shape index (κ3) is 4.79. The van der Waals surface area contributed by atoms with Crippen LogP contribution in [0.15, 0.2) is 38.3 Å². The first-order valence-electron chi connectivity index (χ1n) is 10.1. The number of ether oxygens (including phenoxy) is 2. The van der Waals surface area contributed by atoms with Gasteiger partial charge in [-0.05, 0) is 58.7 Å². The number of rotatable bonds is 6. The largest absolute Gasteiger partial charge is 0.427 e. The lowest BCUT2D eigenvalue weighted by atomic mass is 9.75. The highest BCUT2D eigenvalue weighted by Gasteiger charge is 2.40. The first-order chi connectivity index (χ1) is 14.4. The summed E-state index contributed by atoms with van der Waals surface area (Å²) in [5.74, 6) is 1.19. The first kappa shape index (κ1) is 21.9. The van der Waals surface area contributed by atoms with E-state index < -0.39 is 12.3 Å². The number of halogens is 1. The summed E-state index contributed by atoms with van der Waals surface area (Å²) in [5.41, 5.74) is 0.914. The number of carbonyl (C=O) groups is 1. The third-order valence-electron chi connectivity index (χ3n) is 5.60. The second-order valence-electron chi connectivity index (χ2n) is 8.13. The molecule has 2 aliphatic rings. The number of aromatic nitrogens is 3. The smallest absolute Gasteiger partial charge is 0.348 e. The Morgan fingerprint density at radius 3 is 2.90 bits per heavy atom. The molecule has 1 fully saturated rings. The van der Waals surface area contributed by atoms with Crippen molar-refractivity contribution < 1.29 is 14.3 Å². The normalized spacial score (nSPS) is 27.0. The van der Waals surface area contributed by atoms with Crippen LogP contribution in [-0.2, 0) is 14.3 Å². The van der Waals surface area contributed by atoms with Crippen LogP contribution >= 0.6 is 39.0 Å². The highest BCUT2D eigenvalue weighted by atomic mass is 79.9. The molecule has 1 aliphatic heterocycles. The molecule has 2 aromatic rings. The fourth-order valence-corrected chi connectivity index (χ4v) is 6.38. The molecule has 6 nitrogen and oxygen atoms in total. The van der Waals surface area contributed by atoms with Gasteiger partial charge in [-0.2, -0.15) is 0 Å². The lowest BCUT2D eigenvalue weighted by Crippen LogP contribution is -2.37. The molecule has 160 valence electrons. The fourth-order valence-electron chi connectivity index (χ4n) is 3.97. The number of cyclic esters (lactones) is 1. The molecule has 0 saturated heterocycles. The Balaban J connectivity index is 1.51. The lowest BCUT2D eigenvalue weighted by Gasteiger charge is -2.38. The standard InChI is InChI=1S/C21H24BrN3O3S2/c1-11(2)14-7-6-12(3)9-15(14)27-20-17(16(22)19(26)28-20)29-21-25-24-18(30-21)13-5-4-8-23-10-13/h4-5,8,10-12,14-15,20H,6-7,9H2,1-3H3/t12?,14?,15?,20-/m0/s1. The Bertz CT molecular complexity index is 935. The van der Waals surface area contributed by atoms with Gasteiger partial charge < -0.3 is 9.47 Å². The molecule has 1 saturated carbocycles. The Morgan fingerprint density at radius 2 is 2.17 bits per heavy atom. The van der Waals surface area contributed by atoms with Crippen LogP contribution in [0.4, 0.5) is 0 Å². The van der Waals surface area contributed by atoms with Crippen molar-refractivity contribution in [1.29, 1.82) is 0 Å². The minimum Gasteiger partial charge on any atom is -0.427 e. The van der Waals surface area contributed by atoms with Gasteiger partial charge >= 0.3 is 5.97 Å². The third-order valence-corrected chi connectivity index (χ3v) is 8.75. The van der Waals surface area contributed by atoms with Gasteiger partial charge in [0.25, 0.3) is 0 Å². The molecule has 2 aromatic heterocycles. The Morgan fingerprint density at radius 1 is 1.33 bits per heavy atom. The van der Waals surface area contributed by atoms with Crippen molar-refractivity contribution in [3.05, 3.63) is 33.9 Å². The van der Waals surface area contributed by atoms with Gasteiger partial charge in [0.15, 0.2) is 4.34 Å². The topological polar surface area (TPSA) is 74.2 Å². The van der Waals surface area contributed by atoms with Crippen LogP contribution in [0.3, 0.4) is 0 Å². The van der Waals surface area contributed by atoms with Crippen molar-refractivity contribution in [2.75, 3.05) is 0 Å². The van der Waals surface area contributed by atoms with E-state index in [1.54, 1.807) is 12.4 Å². The summed E-state index contributed by atoms with van der Waals surface area (Å²) >= 11 is 6.22. The molecule has 4 atom stereocenters. The van der Waals surface area contributed by atoms with Crippen LogP contribution in [-0.4, -0.2) is 33.5 Å². The van der Waals surface area contributed by atoms with Gasteiger partial charge in [-0.25, -0.2) is 4.79 Å². The zero-order valence-electron chi connectivity index (χ0n) is 17.1. The zero-order chi connectivity index (χ0) is 21.3. The zero-order valence-corrected chi connectivity index (χ0v) is 20.3. The van der Waals surface area contributed by atoms with Gasteiger partial charge in [-0.1, -0.05) is 50.3 Å². The molecule has 0 spiro atoms. The molecular formula is C21H24BrN3O3S2. The molecule has 0 N–H and O–H groups in total. The molecule has 3 unspecified atom stereocenters. The van der Waals surface area contributed by atoms with E-state index in [1.807, 2.05) is 12.1 Å². The Kier molecular flexibility index (Phi) is 6.91. The van der Waals surface area contributed by atoms with Gasteiger partial charge in [0.1, 0.15) is 9.49 Å². The highest BCUT2D eigenvalue weighted by molar-refractivity contribution is 9.12. The summed E-state index contributed by atoms with van der Waals surface area (Å²) in [5, 5.41) is 9.32. The van der Waals surface area contributed by atoms with Crippen LogP contribution in [0.5, 0.6) is 0 Å². The SMILES string of the molecule is CC1CCC(C(C)C)C(O[C@H]2OC(=O)C(Br)=C2Sc2nnc(-c3cccnc3)s2)C1. The molecule has 4 rings (SSSR count). The predicted molar refractivity (Wildman–Crippen MR) is 121 cm³/mol. The molecular weight excluding hydrogens is 486 g/mol. The number of nitrogens with zero attached hydrogens (tertiary/aromatic N) is 3. The van der Waals surface area contributed by atoms with Gasteiger partial charge in [0, 0.05) is 18.0 Å². The average Bonchev–Trinajstić information content (AvgIpc) is 3.29. The molecule has 0 bridgehead atoms. The van der Waals surface area contributed by atoms with Crippen LogP contribution in [0.2, 0.25) is 0 Å². The Hall–Kier alpha value is -1.29. The average molecular weight is 510 g/mol. The van der Waals surface area contributed by atoms with E-state index in [9.17, 15) is 4.79 Å². The van der Waals surface area contributed by atoms with Crippen LogP contribution in [0, 0.1) is 17.8 Å². The maximum absolute atomic E-state index is 12.3. The first-order valence-corrected chi connectivity index (χ1v) is 12.5. The van der Waals surface area contributed by atoms with Gasteiger partial charge in [0.05, 0.1) is 11.0 Å². The lowest BCUT2D eigenvalue weighted by molar-refractivity contribution is -0.179. The molecule has 9 heteroatoms. The minimum atomic E-state index is -0.709. The summed E-state index contributed by atoms with van der Waals surface area (Å²) in [4.78, 5) is 17.1. The van der Waals surface area contributed by atoms with E-state index in [0.29, 0.717) is 27.1 Å². The number of thioether (sulfide) groups is 1. The van der Waals surface area contributed by atoms with Crippen LogP contribution in [0.25, 0.3) is 10.6 Å². The van der Waals surface area contributed by atoms with Crippen molar-refractivity contribution in [3.8, 4) is 10.6 Å². The van der Waals surface area contributed by atoms with E-state index in [4.69, 9.17) is 9.47 Å². The van der Waals surface area contributed by atoms with E-state index >= 15 is 0 Å². The number of hydrogen-bond donors (Lipinski definition) is 0. The van der Waals surface area contributed by atoms with Crippen molar-refractivity contribution in [1.82, 2.24) is 15.2 Å². The summed E-state index contributed by atoms with van der Waals surface area (Å²) in [6.07, 6.45) is 6.19. The van der Waals surface area contributed by atoms with E-state index in [1.165, 1.54) is 29.5 Å². The molecule has 0 amide bonds. The quantitative estimate of drug-likeness (QED) is 0.465. The molecule has 0 aromatic carbocycles. The second kappa shape index (κ2) is 9.46. The number of carbonyl (C=O) groups excluding carboxylic acids is 1. The van der Waals surface area contributed by atoms with E-state index in [-0.39, 0.29) is 6.10 Å². The fraction of sp³-hybridized carbons (Fsp3) is 0.524. The molecule has 30 heavy (non-hydrogen) atoms. The maximum atomic E-state index is 12.3. The van der Waals surface area contributed by atoms with Gasteiger partial charge in [-0.3, -0.25) is 4.98 Å². The molecule has 0 radical (unpaired) electrons. The second-order valence-corrected chi connectivity index (χ2v) is 11.2. The number of pyridine rings is 1. The van der Waals surface area contributed by atoms with Crippen molar-refractivity contribution in [2.45, 2.75) is 56.8 Å². The van der Waals surface area contributed by atoms with Crippen molar-refractivity contribution >= 4 is 45.0 Å². The van der Waals surface area contributed by atoms with E-state index in [2.05, 4.69) is 51.9 Å².